The third-order valence-corrected chi connectivity index (χ3v) is 4.23. The Kier molecular flexibility index (Phi) is 4.02. The normalized spacial score (nSPS) is 26.8. The number of nitrogen functional groups attached to an aromatic ring is 1. The van der Waals surface area contributed by atoms with E-state index in [-0.39, 0.29) is 23.3 Å². The number of fused-ring (bicyclic) bond motifs is 1. The molecule has 1 aliphatic heterocycles. The molecule has 134 valence electrons. The Bertz CT molecular complexity index is 926. The SMILES string of the molecule is N#C[C@]1(n2cc(F)c3c(N)ncnc32)CC[C@@](F)(COP(=O)(O)O)O1. The third-order valence-electron chi connectivity index (χ3n) is 3.77. The second kappa shape index (κ2) is 5.69. The van der Waals surface area contributed by atoms with Crippen LogP contribution >= 0.6 is 7.82 Å². The van der Waals surface area contributed by atoms with Crippen molar-refractivity contribution in [2.45, 2.75) is 24.4 Å². The molecule has 0 unspecified atom stereocenters. The number of alkyl halides is 1. The van der Waals surface area contributed by atoms with Gasteiger partial charge in [0.15, 0.2) is 11.5 Å². The van der Waals surface area contributed by atoms with Crippen molar-refractivity contribution in [3.8, 4) is 6.07 Å². The van der Waals surface area contributed by atoms with Gasteiger partial charge in [-0.1, -0.05) is 0 Å². The van der Waals surface area contributed by atoms with Gasteiger partial charge in [-0.15, -0.1) is 0 Å². The Hall–Kier alpha value is -2.16. The molecule has 0 bridgehead atoms. The fourth-order valence-electron chi connectivity index (χ4n) is 2.66. The fourth-order valence-corrected chi connectivity index (χ4v) is 3.02. The summed E-state index contributed by atoms with van der Waals surface area (Å²) in [5.74, 6) is -3.64. The summed E-state index contributed by atoms with van der Waals surface area (Å²) in [7, 11) is -4.93. The van der Waals surface area contributed by atoms with Crippen LogP contribution in [0, 0.1) is 17.1 Å². The molecular formula is C12H12F2N5O5P. The molecule has 10 nitrogen and oxygen atoms in total. The number of nitrogens with zero attached hydrogens (tertiary/aromatic N) is 4. The third kappa shape index (κ3) is 3.08. The van der Waals surface area contributed by atoms with Gasteiger partial charge in [-0.25, -0.2) is 23.3 Å². The lowest BCUT2D eigenvalue weighted by atomic mass is 10.1. The maximum Gasteiger partial charge on any atom is 0.469 e. The highest BCUT2D eigenvalue weighted by molar-refractivity contribution is 7.46. The molecule has 13 heteroatoms. The van der Waals surface area contributed by atoms with E-state index in [0.717, 1.165) is 17.1 Å². The Morgan fingerprint density at radius 3 is 2.88 bits per heavy atom. The van der Waals surface area contributed by atoms with Crippen molar-refractivity contribution in [2.75, 3.05) is 12.3 Å². The molecule has 1 fully saturated rings. The van der Waals surface area contributed by atoms with Gasteiger partial charge in [-0.3, -0.25) is 9.09 Å². The summed E-state index contributed by atoms with van der Waals surface area (Å²) >= 11 is 0. The van der Waals surface area contributed by atoms with E-state index in [1.165, 1.54) is 0 Å². The molecule has 2 atom stereocenters. The van der Waals surface area contributed by atoms with Crippen molar-refractivity contribution >= 4 is 24.7 Å². The highest BCUT2D eigenvalue weighted by Gasteiger charge is 2.53. The van der Waals surface area contributed by atoms with E-state index in [1.807, 2.05) is 0 Å². The van der Waals surface area contributed by atoms with Crippen LogP contribution in [0.25, 0.3) is 11.0 Å². The maximum atomic E-state index is 14.7. The number of hydrogen-bond donors (Lipinski definition) is 3. The van der Waals surface area contributed by atoms with E-state index < -0.39 is 38.2 Å². The van der Waals surface area contributed by atoms with E-state index in [4.69, 9.17) is 20.3 Å². The molecule has 4 N–H and O–H groups in total. The van der Waals surface area contributed by atoms with Gasteiger partial charge in [-0.2, -0.15) is 5.26 Å². The minimum Gasteiger partial charge on any atom is -0.383 e. The standard InChI is InChI=1S/C12H12F2N5O5P/c13-7-3-19(10-8(7)9(16)17-6-18-10)12(4-15)2-1-11(14,24-12)5-23-25(20,21)22/h3,6H,1-2,5H2,(H2,16,17,18)(H2,20,21,22)/t11-,12-/m0/s1. The first-order valence-corrected chi connectivity index (χ1v) is 8.40. The van der Waals surface area contributed by atoms with Gasteiger partial charge < -0.3 is 20.3 Å². The second-order valence-corrected chi connectivity index (χ2v) is 6.69. The minimum absolute atomic E-state index is 0.0771. The first-order chi connectivity index (χ1) is 11.6. The summed E-state index contributed by atoms with van der Waals surface area (Å²) in [6.45, 7) is -1.10. The quantitative estimate of drug-likeness (QED) is 0.661. The zero-order valence-corrected chi connectivity index (χ0v) is 13.4. The number of phosphoric acid groups is 1. The van der Waals surface area contributed by atoms with Crippen molar-refractivity contribution in [1.82, 2.24) is 14.5 Å². The number of anilines is 1. The van der Waals surface area contributed by atoms with Crippen molar-refractivity contribution in [2.24, 2.45) is 0 Å². The molecule has 0 aromatic carbocycles. The number of phosphoric ester groups is 1. The first-order valence-electron chi connectivity index (χ1n) is 6.87. The predicted octanol–water partition coefficient (Wildman–Crippen LogP) is 0.914. The Morgan fingerprint density at radius 2 is 2.24 bits per heavy atom. The summed E-state index contributed by atoms with van der Waals surface area (Å²) in [6, 6.07) is 1.75. The van der Waals surface area contributed by atoms with Gasteiger partial charge >= 0.3 is 7.82 Å². The van der Waals surface area contributed by atoms with Gasteiger partial charge in [0.1, 0.15) is 24.8 Å². The molecule has 0 spiro atoms. The topological polar surface area (TPSA) is 157 Å². The number of aromatic nitrogens is 3. The van der Waals surface area contributed by atoms with Crippen LogP contribution in [-0.2, 0) is 19.6 Å². The van der Waals surface area contributed by atoms with Crippen LogP contribution in [0.2, 0.25) is 0 Å². The zero-order valence-electron chi connectivity index (χ0n) is 12.5. The molecule has 1 saturated heterocycles. The van der Waals surface area contributed by atoms with Crippen LogP contribution in [0.3, 0.4) is 0 Å². The predicted molar refractivity (Wildman–Crippen MR) is 77.6 cm³/mol. The minimum atomic E-state index is -4.93. The number of halogens is 2. The van der Waals surface area contributed by atoms with Crippen LogP contribution in [0.5, 0.6) is 0 Å². The number of nitriles is 1. The summed E-state index contributed by atoms with van der Waals surface area (Å²) < 4.78 is 49.8. The summed E-state index contributed by atoms with van der Waals surface area (Å²) in [6.07, 6.45) is 1.28. The molecule has 2 aromatic rings. The van der Waals surface area contributed by atoms with Crippen LogP contribution in [0.15, 0.2) is 12.5 Å². The summed E-state index contributed by atoms with van der Waals surface area (Å²) in [4.78, 5) is 24.9. The number of nitrogens with two attached hydrogens (primary N) is 1. The fraction of sp³-hybridized carbons (Fsp3) is 0.417. The van der Waals surface area contributed by atoms with Gasteiger partial charge in [-0.05, 0) is 0 Å². The van der Waals surface area contributed by atoms with Crippen molar-refractivity contribution in [3.05, 3.63) is 18.3 Å². The number of ether oxygens (including phenoxy) is 1. The lowest BCUT2D eigenvalue weighted by Crippen LogP contribution is -2.37. The average molecular weight is 375 g/mol. The highest BCUT2D eigenvalue weighted by atomic mass is 31.2. The van der Waals surface area contributed by atoms with Gasteiger partial charge in [0.25, 0.3) is 0 Å². The monoisotopic (exact) mass is 375 g/mol. The molecule has 1 aliphatic rings. The average Bonchev–Trinajstić information content (AvgIpc) is 3.06. The molecule has 0 saturated carbocycles. The summed E-state index contributed by atoms with van der Waals surface area (Å²) in [5, 5.41) is 9.36. The Morgan fingerprint density at radius 1 is 1.52 bits per heavy atom. The van der Waals surface area contributed by atoms with E-state index in [0.29, 0.717) is 0 Å². The molecule has 0 amide bonds. The summed E-state index contributed by atoms with van der Waals surface area (Å²) in [5.41, 5.74) is 3.53. The lowest BCUT2D eigenvalue weighted by Gasteiger charge is -2.26. The van der Waals surface area contributed by atoms with Crippen molar-refractivity contribution in [3.63, 3.8) is 0 Å². The molecule has 2 aromatic heterocycles. The molecular weight excluding hydrogens is 363 g/mol. The molecule has 3 heterocycles. The van der Waals surface area contributed by atoms with Gasteiger partial charge in [0, 0.05) is 19.0 Å². The highest BCUT2D eigenvalue weighted by Crippen LogP contribution is 2.46. The molecule has 0 aliphatic carbocycles. The Labute approximate surface area is 139 Å². The van der Waals surface area contributed by atoms with Crippen molar-refractivity contribution in [1.29, 1.82) is 5.26 Å². The lowest BCUT2D eigenvalue weighted by molar-refractivity contribution is -0.199. The van der Waals surface area contributed by atoms with E-state index in [9.17, 15) is 18.6 Å². The number of rotatable bonds is 4. The van der Waals surface area contributed by atoms with E-state index >= 15 is 0 Å². The molecule has 25 heavy (non-hydrogen) atoms. The zero-order chi connectivity index (χ0) is 18.5. The first kappa shape index (κ1) is 17.7. The van der Waals surface area contributed by atoms with Crippen LogP contribution in [0.4, 0.5) is 14.6 Å². The van der Waals surface area contributed by atoms with Crippen LogP contribution in [0.1, 0.15) is 12.8 Å². The van der Waals surface area contributed by atoms with Crippen LogP contribution < -0.4 is 5.73 Å². The largest absolute Gasteiger partial charge is 0.469 e. The molecule has 0 radical (unpaired) electrons. The van der Waals surface area contributed by atoms with Gasteiger partial charge in [0.2, 0.25) is 11.6 Å². The van der Waals surface area contributed by atoms with E-state index in [2.05, 4.69) is 14.5 Å². The second-order valence-electron chi connectivity index (χ2n) is 5.45. The number of hydrogen-bond acceptors (Lipinski definition) is 7. The maximum absolute atomic E-state index is 14.7. The van der Waals surface area contributed by atoms with Crippen molar-refractivity contribution < 1.29 is 32.4 Å². The van der Waals surface area contributed by atoms with E-state index in [1.54, 1.807) is 6.07 Å². The Balaban J connectivity index is 2.00. The van der Waals surface area contributed by atoms with Crippen LogP contribution in [-0.4, -0.2) is 36.8 Å². The smallest absolute Gasteiger partial charge is 0.383 e. The van der Waals surface area contributed by atoms with Gasteiger partial charge in [0.05, 0.1) is 5.39 Å². The molecule has 3 rings (SSSR count).